The fraction of sp³-hybridized carbons (Fsp3) is 0.625. The monoisotopic (exact) mass is 249 g/mol. The van der Waals surface area contributed by atoms with Crippen LogP contribution in [0.25, 0.3) is 0 Å². The first-order valence-corrected chi connectivity index (χ1v) is 5.05. The maximum absolute atomic E-state index is 13.3. The highest BCUT2D eigenvalue weighted by Crippen LogP contribution is 2.25. The van der Waals surface area contributed by atoms with Crippen LogP contribution in [0.1, 0.15) is 25.2 Å². The van der Waals surface area contributed by atoms with Crippen molar-refractivity contribution in [1.82, 2.24) is 9.78 Å². The molecule has 2 N–H and O–H groups in total. The summed E-state index contributed by atoms with van der Waals surface area (Å²) in [5, 5.41) is 4.05. The number of alkyl halides is 1. The maximum atomic E-state index is 13.3. The lowest BCUT2D eigenvalue weighted by Crippen LogP contribution is -2.14. The molecule has 0 fully saturated rings. The van der Waals surface area contributed by atoms with Crippen molar-refractivity contribution >= 4 is 15.9 Å². The maximum Gasteiger partial charge on any atom is 0.155 e. The van der Waals surface area contributed by atoms with Gasteiger partial charge in [0.25, 0.3) is 0 Å². The number of aromatic nitrogens is 2. The quantitative estimate of drug-likeness (QED) is 0.888. The first-order valence-electron chi connectivity index (χ1n) is 4.26. The molecule has 1 aromatic heterocycles. The average Bonchev–Trinajstić information content (AvgIpc) is 2.47. The number of hydrogen-bond donors (Lipinski definition) is 1. The summed E-state index contributed by atoms with van der Waals surface area (Å²) in [5.74, 6) is 0. The van der Waals surface area contributed by atoms with Gasteiger partial charge in [-0.25, -0.2) is 4.39 Å². The molecule has 0 spiro atoms. The molecule has 1 aromatic rings. The Hall–Kier alpha value is -0.420. The Labute approximate surface area is 85.2 Å². The third kappa shape index (κ3) is 2.28. The number of nitrogens with zero attached hydrogens (tertiary/aromatic N) is 2. The minimum absolute atomic E-state index is 0.00594. The molecule has 0 saturated heterocycles. The Balaban J connectivity index is 2.93. The van der Waals surface area contributed by atoms with E-state index in [9.17, 15) is 4.39 Å². The molecule has 1 unspecified atom stereocenters. The molecule has 0 bridgehead atoms. The molecule has 0 aromatic carbocycles. The zero-order chi connectivity index (χ0) is 9.84. The van der Waals surface area contributed by atoms with Crippen LogP contribution in [-0.2, 0) is 6.54 Å². The van der Waals surface area contributed by atoms with Crippen LogP contribution < -0.4 is 5.73 Å². The SMILES string of the molecule is CCCn1ncc(Br)c1C(F)CN. The lowest BCUT2D eigenvalue weighted by Gasteiger charge is -2.09. The molecule has 0 aliphatic rings. The summed E-state index contributed by atoms with van der Waals surface area (Å²) in [6.07, 6.45) is 1.40. The molecule has 1 rings (SSSR count). The molecule has 74 valence electrons. The molecule has 0 aliphatic carbocycles. The normalized spacial score (nSPS) is 13.2. The van der Waals surface area contributed by atoms with Crippen molar-refractivity contribution in [3.63, 3.8) is 0 Å². The average molecular weight is 250 g/mol. The van der Waals surface area contributed by atoms with Crippen molar-refractivity contribution in [1.29, 1.82) is 0 Å². The van der Waals surface area contributed by atoms with Crippen LogP contribution in [0.2, 0.25) is 0 Å². The summed E-state index contributed by atoms with van der Waals surface area (Å²) in [6, 6.07) is 0. The second-order valence-electron chi connectivity index (χ2n) is 2.80. The molecule has 0 saturated carbocycles. The molecule has 5 heteroatoms. The number of rotatable bonds is 4. The van der Waals surface area contributed by atoms with Gasteiger partial charge in [0.2, 0.25) is 0 Å². The van der Waals surface area contributed by atoms with E-state index in [4.69, 9.17) is 5.73 Å². The van der Waals surface area contributed by atoms with Crippen LogP contribution >= 0.6 is 15.9 Å². The molecular formula is C8H13BrFN3. The van der Waals surface area contributed by atoms with Gasteiger partial charge in [0, 0.05) is 13.1 Å². The fourth-order valence-electron chi connectivity index (χ4n) is 1.18. The van der Waals surface area contributed by atoms with Crippen molar-refractivity contribution < 1.29 is 4.39 Å². The molecule has 13 heavy (non-hydrogen) atoms. The van der Waals surface area contributed by atoms with Gasteiger partial charge in [-0.3, -0.25) is 4.68 Å². The summed E-state index contributed by atoms with van der Waals surface area (Å²) in [5.41, 5.74) is 5.81. The molecule has 1 heterocycles. The Morgan fingerprint density at radius 2 is 2.46 bits per heavy atom. The van der Waals surface area contributed by atoms with Crippen molar-refractivity contribution in [2.24, 2.45) is 5.73 Å². The van der Waals surface area contributed by atoms with Crippen LogP contribution in [0.5, 0.6) is 0 Å². The molecule has 0 aliphatic heterocycles. The number of aryl methyl sites for hydroxylation is 1. The second-order valence-corrected chi connectivity index (χ2v) is 3.66. The fourth-order valence-corrected chi connectivity index (χ4v) is 1.73. The third-order valence-corrected chi connectivity index (χ3v) is 2.38. The van der Waals surface area contributed by atoms with E-state index in [1.54, 1.807) is 10.9 Å². The predicted octanol–water partition coefficient (Wildman–Crippen LogP) is 2.02. The van der Waals surface area contributed by atoms with Crippen LogP contribution in [-0.4, -0.2) is 16.3 Å². The van der Waals surface area contributed by atoms with Crippen LogP contribution in [0.15, 0.2) is 10.7 Å². The van der Waals surface area contributed by atoms with Gasteiger partial charge < -0.3 is 5.73 Å². The van der Waals surface area contributed by atoms with Gasteiger partial charge in [0.05, 0.1) is 16.4 Å². The summed E-state index contributed by atoms with van der Waals surface area (Å²) in [6.45, 7) is 2.74. The van der Waals surface area contributed by atoms with E-state index < -0.39 is 6.17 Å². The summed E-state index contributed by atoms with van der Waals surface area (Å²) < 4.78 is 15.7. The highest BCUT2D eigenvalue weighted by Gasteiger charge is 2.17. The van der Waals surface area contributed by atoms with Gasteiger partial charge >= 0.3 is 0 Å². The standard InChI is InChI=1S/C8H13BrFN3/c1-2-3-13-8(7(10)4-11)6(9)5-12-13/h5,7H,2-4,11H2,1H3. The van der Waals surface area contributed by atoms with E-state index in [0.717, 1.165) is 13.0 Å². The minimum Gasteiger partial charge on any atom is -0.327 e. The zero-order valence-corrected chi connectivity index (χ0v) is 9.09. The van der Waals surface area contributed by atoms with E-state index in [2.05, 4.69) is 21.0 Å². The van der Waals surface area contributed by atoms with Crippen molar-refractivity contribution in [3.05, 3.63) is 16.4 Å². The first-order chi connectivity index (χ1) is 6.20. The summed E-state index contributed by atoms with van der Waals surface area (Å²) in [4.78, 5) is 0. The molecule has 0 amide bonds. The largest absolute Gasteiger partial charge is 0.327 e. The van der Waals surface area contributed by atoms with Gasteiger partial charge in [0.15, 0.2) is 6.17 Å². The van der Waals surface area contributed by atoms with Gasteiger partial charge in [-0.05, 0) is 22.4 Å². The highest BCUT2D eigenvalue weighted by molar-refractivity contribution is 9.10. The smallest absolute Gasteiger partial charge is 0.155 e. The van der Waals surface area contributed by atoms with Gasteiger partial charge in [-0.15, -0.1) is 0 Å². The minimum atomic E-state index is -1.14. The van der Waals surface area contributed by atoms with Gasteiger partial charge in [-0.2, -0.15) is 5.10 Å². The van der Waals surface area contributed by atoms with Crippen molar-refractivity contribution in [3.8, 4) is 0 Å². The molecule has 1 atom stereocenters. The van der Waals surface area contributed by atoms with E-state index in [1.165, 1.54) is 0 Å². The highest BCUT2D eigenvalue weighted by atomic mass is 79.9. The first kappa shape index (κ1) is 10.7. The van der Waals surface area contributed by atoms with Gasteiger partial charge in [-0.1, -0.05) is 6.92 Å². The van der Waals surface area contributed by atoms with E-state index >= 15 is 0 Å². The van der Waals surface area contributed by atoms with Crippen molar-refractivity contribution in [2.45, 2.75) is 26.1 Å². The van der Waals surface area contributed by atoms with E-state index in [1.807, 2.05) is 6.92 Å². The predicted molar refractivity (Wildman–Crippen MR) is 53.1 cm³/mol. The molecule has 0 radical (unpaired) electrons. The Bertz CT molecular complexity index is 274. The van der Waals surface area contributed by atoms with E-state index in [-0.39, 0.29) is 6.54 Å². The van der Waals surface area contributed by atoms with E-state index in [0.29, 0.717) is 10.2 Å². The van der Waals surface area contributed by atoms with Crippen LogP contribution in [0.3, 0.4) is 0 Å². The molecule has 3 nitrogen and oxygen atoms in total. The number of nitrogens with two attached hydrogens (primary N) is 1. The Morgan fingerprint density at radius 3 is 3.00 bits per heavy atom. The second kappa shape index (κ2) is 4.72. The third-order valence-electron chi connectivity index (χ3n) is 1.77. The zero-order valence-electron chi connectivity index (χ0n) is 7.50. The molecular weight excluding hydrogens is 237 g/mol. The van der Waals surface area contributed by atoms with Crippen molar-refractivity contribution in [2.75, 3.05) is 6.54 Å². The lowest BCUT2D eigenvalue weighted by molar-refractivity contribution is 0.326. The van der Waals surface area contributed by atoms with Crippen LogP contribution in [0.4, 0.5) is 4.39 Å². The lowest BCUT2D eigenvalue weighted by atomic mass is 10.3. The van der Waals surface area contributed by atoms with Crippen LogP contribution in [0, 0.1) is 0 Å². The summed E-state index contributed by atoms with van der Waals surface area (Å²) >= 11 is 3.25. The topological polar surface area (TPSA) is 43.8 Å². The number of halogens is 2. The summed E-state index contributed by atoms with van der Waals surface area (Å²) in [7, 11) is 0. The van der Waals surface area contributed by atoms with Gasteiger partial charge in [0.1, 0.15) is 0 Å². The Morgan fingerprint density at radius 1 is 1.77 bits per heavy atom. The number of hydrogen-bond acceptors (Lipinski definition) is 2. The Kier molecular flexibility index (Phi) is 3.87.